The van der Waals surface area contributed by atoms with Crippen LogP contribution in [0.5, 0.6) is 0 Å². The highest BCUT2D eigenvalue weighted by molar-refractivity contribution is 6.34. The molecule has 0 saturated carbocycles. The molecule has 0 saturated heterocycles. The van der Waals surface area contributed by atoms with E-state index in [0.717, 1.165) is 10.8 Å². The average molecular weight is 303 g/mol. The van der Waals surface area contributed by atoms with Crippen molar-refractivity contribution in [1.82, 2.24) is 20.4 Å². The van der Waals surface area contributed by atoms with Crippen LogP contribution >= 0.6 is 11.6 Å². The number of aromatic nitrogens is 3. The van der Waals surface area contributed by atoms with Gasteiger partial charge in [0.1, 0.15) is 10.8 Å². The molecule has 0 radical (unpaired) electrons. The number of hydrogen-bond donors (Lipinski definition) is 1. The number of amides is 1. The summed E-state index contributed by atoms with van der Waals surface area (Å²) in [6.07, 6.45) is 1.74. The molecule has 2 aromatic heterocycles. The smallest absolute Gasteiger partial charge is 0.269 e. The molecular formula is C14H11ClN4O2. The molecule has 7 heteroatoms. The molecule has 3 aromatic rings. The van der Waals surface area contributed by atoms with E-state index in [2.05, 4.69) is 25.0 Å². The van der Waals surface area contributed by atoms with Crippen LogP contribution in [0.25, 0.3) is 10.8 Å². The zero-order valence-electron chi connectivity index (χ0n) is 10.9. The van der Waals surface area contributed by atoms with Gasteiger partial charge in [-0.3, -0.25) is 4.79 Å². The van der Waals surface area contributed by atoms with E-state index in [4.69, 9.17) is 11.6 Å². The van der Waals surface area contributed by atoms with Crippen molar-refractivity contribution in [3.63, 3.8) is 0 Å². The molecule has 0 unspecified atom stereocenters. The van der Waals surface area contributed by atoms with E-state index in [0.29, 0.717) is 23.9 Å². The molecule has 0 spiro atoms. The Bertz CT molecular complexity index is 774. The van der Waals surface area contributed by atoms with Crippen LogP contribution in [0.2, 0.25) is 5.15 Å². The van der Waals surface area contributed by atoms with E-state index < -0.39 is 0 Å². The molecule has 0 aliphatic carbocycles. The molecule has 0 fully saturated rings. The van der Waals surface area contributed by atoms with Gasteiger partial charge in [-0.25, -0.2) is 4.98 Å². The first-order chi connectivity index (χ1) is 10.2. The van der Waals surface area contributed by atoms with E-state index in [9.17, 15) is 4.79 Å². The minimum Gasteiger partial charge on any atom is -0.350 e. The first-order valence-electron chi connectivity index (χ1n) is 6.33. The van der Waals surface area contributed by atoms with Crippen LogP contribution in [0.4, 0.5) is 0 Å². The van der Waals surface area contributed by atoms with E-state index in [1.165, 1.54) is 6.39 Å². The number of halogens is 1. The highest BCUT2D eigenvalue weighted by Gasteiger charge is 2.11. The standard InChI is InChI=1S/C14H11ClN4O2/c15-13-10-4-2-1-3-9(10)7-11(18-13)14(20)16-6-5-12-17-8-21-19-12/h1-4,7-8H,5-6H2,(H,16,20). The Morgan fingerprint density at radius 2 is 2.19 bits per heavy atom. The zero-order valence-corrected chi connectivity index (χ0v) is 11.7. The van der Waals surface area contributed by atoms with E-state index in [1.54, 1.807) is 6.07 Å². The van der Waals surface area contributed by atoms with Crippen molar-refractivity contribution in [2.24, 2.45) is 0 Å². The maximum Gasteiger partial charge on any atom is 0.269 e. The molecular weight excluding hydrogens is 292 g/mol. The van der Waals surface area contributed by atoms with Crippen LogP contribution in [0.15, 0.2) is 41.2 Å². The molecule has 0 atom stereocenters. The lowest BCUT2D eigenvalue weighted by molar-refractivity contribution is 0.0949. The molecule has 0 aliphatic rings. The van der Waals surface area contributed by atoms with Crippen molar-refractivity contribution in [3.05, 3.63) is 53.4 Å². The van der Waals surface area contributed by atoms with Crippen molar-refractivity contribution in [2.45, 2.75) is 6.42 Å². The summed E-state index contributed by atoms with van der Waals surface area (Å²) < 4.78 is 4.62. The Morgan fingerprint density at radius 3 is 3.00 bits per heavy atom. The summed E-state index contributed by atoms with van der Waals surface area (Å²) in [6.45, 7) is 0.393. The Morgan fingerprint density at radius 1 is 1.33 bits per heavy atom. The Kier molecular flexibility index (Phi) is 3.79. The third-order valence-electron chi connectivity index (χ3n) is 2.97. The highest BCUT2D eigenvalue weighted by atomic mass is 35.5. The van der Waals surface area contributed by atoms with Gasteiger partial charge in [0.2, 0.25) is 6.39 Å². The zero-order chi connectivity index (χ0) is 14.7. The molecule has 21 heavy (non-hydrogen) atoms. The topological polar surface area (TPSA) is 80.9 Å². The van der Waals surface area contributed by atoms with Gasteiger partial charge < -0.3 is 9.84 Å². The maximum atomic E-state index is 12.1. The predicted octanol–water partition coefficient (Wildman–Crippen LogP) is 2.24. The van der Waals surface area contributed by atoms with Crippen LogP contribution in [0.1, 0.15) is 16.3 Å². The van der Waals surface area contributed by atoms with Crippen LogP contribution in [-0.4, -0.2) is 27.6 Å². The molecule has 1 amide bonds. The van der Waals surface area contributed by atoms with Crippen LogP contribution in [0.3, 0.4) is 0 Å². The highest BCUT2D eigenvalue weighted by Crippen LogP contribution is 2.22. The number of pyridine rings is 1. The molecule has 106 valence electrons. The predicted molar refractivity (Wildman–Crippen MR) is 77.1 cm³/mol. The molecule has 2 heterocycles. The summed E-state index contributed by atoms with van der Waals surface area (Å²) in [5, 5.41) is 8.43. The number of carbonyl (C=O) groups is 1. The summed E-state index contributed by atoms with van der Waals surface area (Å²) in [5.41, 5.74) is 0.284. The SMILES string of the molecule is O=C(NCCc1ncon1)c1cc2ccccc2c(Cl)n1. The lowest BCUT2D eigenvalue weighted by atomic mass is 10.1. The molecule has 0 bridgehead atoms. The summed E-state index contributed by atoms with van der Waals surface area (Å²) in [7, 11) is 0. The van der Waals surface area contributed by atoms with Crippen molar-refractivity contribution in [3.8, 4) is 0 Å². The number of benzene rings is 1. The van der Waals surface area contributed by atoms with Gasteiger partial charge in [-0.2, -0.15) is 4.98 Å². The second-order valence-corrected chi connectivity index (χ2v) is 4.73. The largest absolute Gasteiger partial charge is 0.350 e. The van der Waals surface area contributed by atoms with Gasteiger partial charge in [0.05, 0.1) is 0 Å². The number of fused-ring (bicyclic) bond motifs is 1. The van der Waals surface area contributed by atoms with Crippen LogP contribution in [-0.2, 0) is 6.42 Å². The van der Waals surface area contributed by atoms with Gasteiger partial charge in [-0.15, -0.1) is 0 Å². The summed E-state index contributed by atoms with van der Waals surface area (Å²) in [6, 6.07) is 9.23. The fourth-order valence-corrected chi connectivity index (χ4v) is 2.22. The molecule has 1 N–H and O–H groups in total. The third-order valence-corrected chi connectivity index (χ3v) is 3.26. The van der Waals surface area contributed by atoms with E-state index >= 15 is 0 Å². The fourth-order valence-electron chi connectivity index (χ4n) is 1.95. The lowest BCUT2D eigenvalue weighted by Gasteiger charge is -2.06. The van der Waals surface area contributed by atoms with Gasteiger partial charge in [0, 0.05) is 18.4 Å². The summed E-state index contributed by atoms with van der Waals surface area (Å²) in [5.74, 6) is 0.256. The van der Waals surface area contributed by atoms with E-state index in [-0.39, 0.29) is 11.6 Å². The quantitative estimate of drug-likeness (QED) is 0.748. The van der Waals surface area contributed by atoms with Gasteiger partial charge >= 0.3 is 0 Å². The fraction of sp³-hybridized carbons (Fsp3) is 0.143. The molecule has 1 aromatic carbocycles. The molecule has 3 rings (SSSR count). The number of rotatable bonds is 4. The first kappa shape index (κ1) is 13.5. The van der Waals surface area contributed by atoms with Crippen molar-refractivity contribution < 1.29 is 9.32 Å². The average Bonchev–Trinajstić information content (AvgIpc) is 3.00. The Balaban J connectivity index is 1.72. The summed E-state index contributed by atoms with van der Waals surface area (Å²) in [4.78, 5) is 20.1. The second-order valence-electron chi connectivity index (χ2n) is 4.37. The Labute approximate surface area is 125 Å². The minimum absolute atomic E-state index is 0.284. The number of carbonyl (C=O) groups excluding carboxylic acids is 1. The van der Waals surface area contributed by atoms with Crippen molar-refractivity contribution >= 4 is 28.3 Å². The Hall–Kier alpha value is -2.47. The number of hydrogen-bond acceptors (Lipinski definition) is 5. The minimum atomic E-state index is -0.286. The molecule has 6 nitrogen and oxygen atoms in total. The van der Waals surface area contributed by atoms with Crippen molar-refractivity contribution in [2.75, 3.05) is 6.54 Å². The second kappa shape index (κ2) is 5.88. The monoisotopic (exact) mass is 302 g/mol. The first-order valence-corrected chi connectivity index (χ1v) is 6.70. The van der Waals surface area contributed by atoms with Gasteiger partial charge in [-0.05, 0) is 11.5 Å². The molecule has 0 aliphatic heterocycles. The van der Waals surface area contributed by atoms with E-state index in [1.807, 2.05) is 24.3 Å². The maximum absolute atomic E-state index is 12.1. The number of nitrogens with zero attached hydrogens (tertiary/aromatic N) is 3. The lowest BCUT2D eigenvalue weighted by Crippen LogP contribution is -2.26. The van der Waals surface area contributed by atoms with Gasteiger partial charge in [0.25, 0.3) is 5.91 Å². The van der Waals surface area contributed by atoms with Gasteiger partial charge in [0.15, 0.2) is 5.82 Å². The third kappa shape index (κ3) is 3.00. The van der Waals surface area contributed by atoms with Crippen LogP contribution < -0.4 is 5.32 Å². The van der Waals surface area contributed by atoms with Crippen LogP contribution in [0, 0.1) is 0 Å². The van der Waals surface area contributed by atoms with Crippen molar-refractivity contribution in [1.29, 1.82) is 0 Å². The van der Waals surface area contributed by atoms with Gasteiger partial charge in [-0.1, -0.05) is 41.0 Å². The normalized spacial score (nSPS) is 10.7. The summed E-state index contributed by atoms with van der Waals surface area (Å²) >= 11 is 6.10. The number of nitrogens with one attached hydrogen (secondary N) is 1.